The maximum atomic E-state index is 10.0. The zero-order valence-corrected chi connectivity index (χ0v) is 16.1. The molecule has 0 bridgehead atoms. The Morgan fingerprint density at radius 1 is 1.07 bits per heavy atom. The highest BCUT2D eigenvalue weighted by atomic mass is 32.1. The van der Waals surface area contributed by atoms with Gasteiger partial charge in [0.25, 0.3) is 0 Å². The molecule has 2 aromatic heterocycles. The summed E-state index contributed by atoms with van der Waals surface area (Å²) in [5.41, 5.74) is 2.60. The molecule has 4 nitrogen and oxygen atoms in total. The molecule has 5 rings (SSSR count). The Morgan fingerprint density at radius 3 is 2.74 bits per heavy atom. The highest BCUT2D eigenvalue weighted by Crippen LogP contribution is 2.40. The van der Waals surface area contributed by atoms with E-state index in [2.05, 4.69) is 23.1 Å². The van der Waals surface area contributed by atoms with Gasteiger partial charge in [-0.05, 0) is 49.3 Å². The predicted octanol–water partition coefficient (Wildman–Crippen LogP) is 4.31. The van der Waals surface area contributed by atoms with Crippen molar-refractivity contribution >= 4 is 39.5 Å². The van der Waals surface area contributed by atoms with E-state index in [1.54, 1.807) is 0 Å². The first-order chi connectivity index (χ1) is 13.3. The fourth-order valence-corrected chi connectivity index (χ4v) is 5.39. The van der Waals surface area contributed by atoms with Crippen molar-refractivity contribution < 1.29 is 5.11 Å². The molecule has 0 amide bonds. The number of hydrogen-bond donors (Lipinski definition) is 1. The van der Waals surface area contributed by atoms with Crippen LogP contribution in [0.3, 0.4) is 0 Å². The maximum absolute atomic E-state index is 10.0. The standard InChI is InChI=1S/C22H23N3OS/c26-16-12-13-25(14-16)21-20-17-8-4-5-9-18(17)27-22(20)24-19(23-21)11-10-15-6-2-1-3-7-15/h1-3,6-7,10-11,16,26H,4-5,8-9,12-14H2/b11-10+/t16-/m0/s1. The summed E-state index contributed by atoms with van der Waals surface area (Å²) in [6.45, 7) is 1.53. The van der Waals surface area contributed by atoms with E-state index in [1.165, 1.54) is 28.7 Å². The molecule has 0 spiro atoms. The molecule has 0 saturated carbocycles. The Morgan fingerprint density at radius 2 is 1.93 bits per heavy atom. The van der Waals surface area contributed by atoms with Crippen LogP contribution in [0.2, 0.25) is 0 Å². The van der Waals surface area contributed by atoms with Crippen molar-refractivity contribution in [3.8, 4) is 0 Å². The summed E-state index contributed by atoms with van der Waals surface area (Å²) in [6, 6.07) is 10.3. The molecule has 1 aliphatic carbocycles. The van der Waals surface area contributed by atoms with Gasteiger partial charge < -0.3 is 10.0 Å². The monoisotopic (exact) mass is 377 g/mol. The first-order valence-corrected chi connectivity index (χ1v) is 10.6. The van der Waals surface area contributed by atoms with Gasteiger partial charge in [0, 0.05) is 18.0 Å². The van der Waals surface area contributed by atoms with Crippen LogP contribution in [0.1, 0.15) is 41.1 Å². The number of benzene rings is 1. The number of thiophene rings is 1. The van der Waals surface area contributed by atoms with Gasteiger partial charge in [-0.3, -0.25) is 0 Å². The minimum atomic E-state index is -0.257. The Bertz CT molecular complexity index is 996. The number of nitrogens with zero attached hydrogens (tertiary/aromatic N) is 3. The smallest absolute Gasteiger partial charge is 0.155 e. The first-order valence-electron chi connectivity index (χ1n) is 9.76. The second kappa shape index (κ2) is 7.06. The summed E-state index contributed by atoms with van der Waals surface area (Å²) in [5, 5.41) is 11.3. The average Bonchev–Trinajstić information content (AvgIpc) is 3.30. The van der Waals surface area contributed by atoms with Crippen molar-refractivity contribution in [3.63, 3.8) is 0 Å². The number of fused-ring (bicyclic) bond motifs is 3. The Hall–Kier alpha value is -2.24. The summed E-state index contributed by atoms with van der Waals surface area (Å²) in [4.78, 5) is 14.6. The molecule has 138 valence electrons. The topological polar surface area (TPSA) is 49.2 Å². The number of rotatable bonds is 3. The van der Waals surface area contributed by atoms with Crippen LogP contribution in [0.25, 0.3) is 22.4 Å². The van der Waals surface area contributed by atoms with E-state index >= 15 is 0 Å². The van der Waals surface area contributed by atoms with Crippen LogP contribution < -0.4 is 4.90 Å². The van der Waals surface area contributed by atoms with Crippen LogP contribution in [-0.4, -0.2) is 34.3 Å². The number of aliphatic hydroxyl groups excluding tert-OH is 1. The van der Waals surface area contributed by atoms with Crippen LogP contribution in [0, 0.1) is 0 Å². The first kappa shape index (κ1) is 16.9. The van der Waals surface area contributed by atoms with Gasteiger partial charge in [-0.1, -0.05) is 36.4 Å². The molecule has 1 fully saturated rings. The minimum Gasteiger partial charge on any atom is -0.391 e. The van der Waals surface area contributed by atoms with E-state index in [0.29, 0.717) is 6.54 Å². The van der Waals surface area contributed by atoms with E-state index in [0.717, 1.165) is 47.8 Å². The number of hydrogen-bond acceptors (Lipinski definition) is 5. The number of aliphatic hydroxyl groups is 1. The number of aromatic nitrogens is 2. The van der Waals surface area contributed by atoms with Crippen LogP contribution in [0.4, 0.5) is 5.82 Å². The average molecular weight is 378 g/mol. The molecular weight excluding hydrogens is 354 g/mol. The van der Waals surface area contributed by atoms with Gasteiger partial charge in [0.1, 0.15) is 10.6 Å². The van der Waals surface area contributed by atoms with Gasteiger partial charge in [-0.25, -0.2) is 9.97 Å². The molecule has 0 unspecified atom stereocenters. The molecule has 2 aliphatic rings. The fraction of sp³-hybridized carbons (Fsp3) is 0.364. The zero-order chi connectivity index (χ0) is 18.2. The lowest BCUT2D eigenvalue weighted by molar-refractivity contribution is 0.198. The Labute approximate surface area is 163 Å². The molecule has 1 aliphatic heterocycles. The molecule has 1 N–H and O–H groups in total. The largest absolute Gasteiger partial charge is 0.391 e. The highest BCUT2D eigenvalue weighted by molar-refractivity contribution is 7.19. The minimum absolute atomic E-state index is 0.257. The van der Waals surface area contributed by atoms with Gasteiger partial charge in [0.05, 0.1) is 11.5 Å². The molecule has 1 saturated heterocycles. The molecule has 1 aromatic carbocycles. The summed E-state index contributed by atoms with van der Waals surface area (Å²) in [5.74, 6) is 1.77. The van der Waals surface area contributed by atoms with Crippen LogP contribution >= 0.6 is 11.3 Å². The fourth-order valence-electron chi connectivity index (χ4n) is 4.13. The van der Waals surface area contributed by atoms with Gasteiger partial charge in [0.2, 0.25) is 0 Å². The van der Waals surface area contributed by atoms with E-state index in [9.17, 15) is 5.11 Å². The lowest BCUT2D eigenvalue weighted by Gasteiger charge is -2.19. The molecule has 27 heavy (non-hydrogen) atoms. The normalized spacial score (nSPS) is 19.9. The third-order valence-corrected chi connectivity index (χ3v) is 6.69. The van der Waals surface area contributed by atoms with Crippen molar-refractivity contribution in [2.75, 3.05) is 18.0 Å². The molecule has 1 atom stereocenters. The van der Waals surface area contributed by atoms with Gasteiger partial charge >= 0.3 is 0 Å². The molecule has 5 heteroatoms. The molecule has 0 radical (unpaired) electrons. The molecule has 3 aromatic rings. The number of aryl methyl sites for hydroxylation is 2. The zero-order valence-electron chi connectivity index (χ0n) is 15.3. The third kappa shape index (κ3) is 3.26. The molecular formula is C22H23N3OS. The van der Waals surface area contributed by atoms with Crippen molar-refractivity contribution in [1.29, 1.82) is 0 Å². The van der Waals surface area contributed by atoms with E-state index in [4.69, 9.17) is 9.97 Å². The van der Waals surface area contributed by atoms with Gasteiger partial charge in [-0.15, -0.1) is 11.3 Å². The lowest BCUT2D eigenvalue weighted by Crippen LogP contribution is -2.23. The van der Waals surface area contributed by atoms with Gasteiger partial charge in [0.15, 0.2) is 5.82 Å². The van der Waals surface area contributed by atoms with E-state index in [1.807, 2.05) is 35.6 Å². The van der Waals surface area contributed by atoms with Crippen LogP contribution in [0.15, 0.2) is 30.3 Å². The Balaban J connectivity index is 1.62. The maximum Gasteiger partial charge on any atom is 0.155 e. The lowest BCUT2D eigenvalue weighted by atomic mass is 9.97. The summed E-state index contributed by atoms with van der Waals surface area (Å²) in [7, 11) is 0. The van der Waals surface area contributed by atoms with Crippen molar-refractivity contribution in [3.05, 3.63) is 52.2 Å². The SMILES string of the molecule is O[C@H]1CCN(c2nc(/C=C/c3ccccc3)nc3sc4c(c23)CCCC4)C1. The quantitative estimate of drug-likeness (QED) is 0.739. The third-order valence-electron chi connectivity index (χ3n) is 5.50. The second-order valence-corrected chi connectivity index (χ2v) is 8.51. The summed E-state index contributed by atoms with van der Waals surface area (Å²) in [6.07, 6.45) is 9.43. The number of anilines is 1. The van der Waals surface area contributed by atoms with Crippen LogP contribution in [-0.2, 0) is 12.8 Å². The Kier molecular flexibility index (Phi) is 4.42. The molecule has 3 heterocycles. The van der Waals surface area contributed by atoms with E-state index in [-0.39, 0.29) is 6.10 Å². The van der Waals surface area contributed by atoms with Crippen LogP contribution in [0.5, 0.6) is 0 Å². The summed E-state index contributed by atoms with van der Waals surface area (Å²) >= 11 is 1.84. The van der Waals surface area contributed by atoms with Crippen molar-refractivity contribution in [1.82, 2.24) is 9.97 Å². The second-order valence-electron chi connectivity index (χ2n) is 7.43. The summed E-state index contributed by atoms with van der Waals surface area (Å²) < 4.78 is 0. The van der Waals surface area contributed by atoms with Crippen molar-refractivity contribution in [2.24, 2.45) is 0 Å². The van der Waals surface area contributed by atoms with Crippen molar-refractivity contribution in [2.45, 2.75) is 38.2 Å². The number of β-amino-alcohol motifs (C(OH)–C–C–N with tert-alkyl or cyclic N) is 1. The van der Waals surface area contributed by atoms with Gasteiger partial charge in [-0.2, -0.15) is 0 Å². The predicted molar refractivity (Wildman–Crippen MR) is 112 cm³/mol. The highest BCUT2D eigenvalue weighted by Gasteiger charge is 2.27. The van der Waals surface area contributed by atoms with E-state index < -0.39 is 0 Å².